The van der Waals surface area contributed by atoms with Gasteiger partial charge in [-0.15, -0.1) is 0 Å². The molecule has 1 amide bonds. The SMILES string of the molecule is CCCCCCCCCNC(C)C(=O)NC(C)C. The number of hydrogen-bond acceptors (Lipinski definition) is 2. The van der Waals surface area contributed by atoms with Gasteiger partial charge in [-0.05, 0) is 33.7 Å². The van der Waals surface area contributed by atoms with E-state index in [1.807, 2.05) is 20.8 Å². The van der Waals surface area contributed by atoms with Crippen molar-refractivity contribution in [3.05, 3.63) is 0 Å². The van der Waals surface area contributed by atoms with Crippen LogP contribution >= 0.6 is 0 Å². The molecule has 3 nitrogen and oxygen atoms in total. The molecule has 0 spiro atoms. The van der Waals surface area contributed by atoms with Crippen molar-refractivity contribution >= 4 is 5.91 Å². The quantitative estimate of drug-likeness (QED) is 0.557. The summed E-state index contributed by atoms with van der Waals surface area (Å²) in [6.07, 6.45) is 9.18. The van der Waals surface area contributed by atoms with Crippen molar-refractivity contribution in [2.45, 2.75) is 84.7 Å². The molecule has 0 aromatic carbocycles. The summed E-state index contributed by atoms with van der Waals surface area (Å²) in [5.74, 6) is 0.105. The van der Waals surface area contributed by atoms with E-state index < -0.39 is 0 Å². The summed E-state index contributed by atoms with van der Waals surface area (Å²) in [5, 5.41) is 6.19. The zero-order valence-electron chi connectivity index (χ0n) is 12.7. The van der Waals surface area contributed by atoms with Gasteiger partial charge in [-0.1, -0.05) is 45.4 Å². The molecule has 0 aliphatic carbocycles. The van der Waals surface area contributed by atoms with Gasteiger partial charge in [0.2, 0.25) is 5.91 Å². The lowest BCUT2D eigenvalue weighted by Gasteiger charge is -2.15. The van der Waals surface area contributed by atoms with E-state index in [0.29, 0.717) is 0 Å². The Labute approximate surface area is 113 Å². The van der Waals surface area contributed by atoms with Crippen molar-refractivity contribution in [1.82, 2.24) is 10.6 Å². The lowest BCUT2D eigenvalue weighted by Crippen LogP contribution is -2.44. The molecule has 0 fully saturated rings. The van der Waals surface area contributed by atoms with Crippen LogP contribution in [0.2, 0.25) is 0 Å². The van der Waals surface area contributed by atoms with E-state index in [1.54, 1.807) is 0 Å². The number of carbonyl (C=O) groups is 1. The third kappa shape index (κ3) is 10.6. The molecule has 0 saturated carbocycles. The molecule has 108 valence electrons. The van der Waals surface area contributed by atoms with E-state index in [0.717, 1.165) is 6.54 Å². The van der Waals surface area contributed by atoms with Crippen LogP contribution in [0.25, 0.3) is 0 Å². The van der Waals surface area contributed by atoms with Gasteiger partial charge in [0, 0.05) is 6.04 Å². The fourth-order valence-corrected chi connectivity index (χ4v) is 1.90. The highest BCUT2D eigenvalue weighted by Gasteiger charge is 2.11. The van der Waals surface area contributed by atoms with Gasteiger partial charge in [0.05, 0.1) is 6.04 Å². The summed E-state index contributed by atoms with van der Waals surface area (Å²) in [6, 6.07) is 0.146. The topological polar surface area (TPSA) is 41.1 Å². The maximum absolute atomic E-state index is 11.6. The maximum Gasteiger partial charge on any atom is 0.237 e. The zero-order chi connectivity index (χ0) is 13.8. The van der Waals surface area contributed by atoms with Crippen molar-refractivity contribution in [2.24, 2.45) is 0 Å². The second-order valence-corrected chi connectivity index (χ2v) is 5.46. The Bertz CT molecular complexity index is 205. The van der Waals surface area contributed by atoms with Crippen LogP contribution in [0.3, 0.4) is 0 Å². The molecule has 0 heterocycles. The Morgan fingerprint density at radius 2 is 1.50 bits per heavy atom. The van der Waals surface area contributed by atoms with Crippen LogP contribution in [0.15, 0.2) is 0 Å². The number of hydrogen-bond donors (Lipinski definition) is 2. The molecule has 0 aromatic heterocycles. The standard InChI is InChI=1S/C15H32N2O/c1-5-6-7-8-9-10-11-12-16-14(4)15(18)17-13(2)3/h13-14,16H,5-12H2,1-4H3,(H,17,18). The van der Waals surface area contributed by atoms with Crippen LogP contribution in [-0.2, 0) is 4.79 Å². The molecule has 0 aromatic rings. The first kappa shape index (κ1) is 17.4. The van der Waals surface area contributed by atoms with E-state index >= 15 is 0 Å². The van der Waals surface area contributed by atoms with E-state index in [9.17, 15) is 4.79 Å². The zero-order valence-corrected chi connectivity index (χ0v) is 12.7. The predicted molar refractivity (Wildman–Crippen MR) is 78.7 cm³/mol. The van der Waals surface area contributed by atoms with E-state index in [4.69, 9.17) is 0 Å². The first-order chi connectivity index (χ1) is 8.57. The van der Waals surface area contributed by atoms with Crippen molar-refractivity contribution in [3.63, 3.8) is 0 Å². The summed E-state index contributed by atoms with van der Waals surface area (Å²) < 4.78 is 0. The normalized spacial score (nSPS) is 12.7. The minimum absolute atomic E-state index is 0.0764. The van der Waals surface area contributed by atoms with Gasteiger partial charge >= 0.3 is 0 Å². The Kier molecular flexibility index (Phi) is 11.2. The molecule has 0 rings (SSSR count). The molecule has 1 atom stereocenters. The molecular formula is C15H32N2O. The van der Waals surface area contributed by atoms with Gasteiger partial charge in [0.1, 0.15) is 0 Å². The molecule has 3 heteroatoms. The monoisotopic (exact) mass is 256 g/mol. The third-order valence-corrected chi connectivity index (χ3v) is 3.06. The number of carbonyl (C=O) groups excluding carboxylic acids is 1. The van der Waals surface area contributed by atoms with Crippen LogP contribution < -0.4 is 10.6 Å². The fourth-order valence-electron chi connectivity index (χ4n) is 1.90. The summed E-state index contributed by atoms with van der Waals surface area (Å²) >= 11 is 0. The van der Waals surface area contributed by atoms with Crippen LogP contribution in [-0.4, -0.2) is 24.5 Å². The average Bonchev–Trinajstić information content (AvgIpc) is 2.31. The number of unbranched alkanes of at least 4 members (excludes halogenated alkanes) is 6. The first-order valence-corrected chi connectivity index (χ1v) is 7.61. The van der Waals surface area contributed by atoms with Gasteiger partial charge in [0.25, 0.3) is 0 Å². The van der Waals surface area contributed by atoms with Gasteiger partial charge in [-0.2, -0.15) is 0 Å². The Hall–Kier alpha value is -0.570. The fraction of sp³-hybridized carbons (Fsp3) is 0.933. The smallest absolute Gasteiger partial charge is 0.237 e. The molecule has 2 N–H and O–H groups in total. The van der Waals surface area contributed by atoms with Crippen molar-refractivity contribution in [1.29, 1.82) is 0 Å². The lowest BCUT2D eigenvalue weighted by atomic mass is 10.1. The highest BCUT2D eigenvalue weighted by molar-refractivity contribution is 5.81. The van der Waals surface area contributed by atoms with Gasteiger partial charge < -0.3 is 10.6 Å². The maximum atomic E-state index is 11.6. The first-order valence-electron chi connectivity index (χ1n) is 7.61. The summed E-state index contributed by atoms with van der Waals surface area (Å²) in [4.78, 5) is 11.6. The molecule has 0 radical (unpaired) electrons. The van der Waals surface area contributed by atoms with E-state index in [1.165, 1.54) is 44.9 Å². The van der Waals surface area contributed by atoms with Crippen molar-refractivity contribution < 1.29 is 4.79 Å². The molecule has 0 aliphatic heterocycles. The van der Waals surface area contributed by atoms with Gasteiger partial charge in [-0.3, -0.25) is 4.79 Å². The Morgan fingerprint density at radius 1 is 0.944 bits per heavy atom. The number of rotatable bonds is 11. The molecule has 0 aliphatic rings. The second kappa shape index (κ2) is 11.5. The largest absolute Gasteiger partial charge is 0.353 e. The predicted octanol–water partition coefficient (Wildman–Crippen LogP) is 3.24. The molecular weight excluding hydrogens is 224 g/mol. The minimum Gasteiger partial charge on any atom is -0.353 e. The summed E-state index contributed by atoms with van der Waals surface area (Å²) in [7, 11) is 0. The highest BCUT2D eigenvalue weighted by Crippen LogP contribution is 2.06. The van der Waals surface area contributed by atoms with Crippen LogP contribution in [0.1, 0.15) is 72.6 Å². The van der Waals surface area contributed by atoms with Crippen LogP contribution in [0, 0.1) is 0 Å². The molecule has 0 bridgehead atoms. The Morgan fingerprint density at radius 3 is 2.06 bits per heavy atom. The minimum atomic E-state index is -0.0764. The van der Waals surface area contributed by atoms with E-state index in [2.05, 4.69) is 17.6 Å². The second-order valence-electron chi connectivity index (χ2n) is 5.46. The van der Waals surface area contributed by atoms with Crippen LogP contribution in [0.5, 0.6) is 0 Å². The highest BCUT2D eigenvalue weighted by atomic mass is 16.2. The number of nitrogens with one attached hydrogen (secondary N) is 2. The van der Waals surface area contributed by atoms with Crippen molar-refractivity contribution in [2.75, 3.05) is 6.54 Å². The lowest BCUT2D eigenvalue weighted by molar-refractivity contribution is -0.123. The van der Waals surface area contributed by atoms with Crippen molar-refractivity contribution in [3.8, 4) is 0 Å². The van der Waals surface area contributed by atoms with Gasteiger partial charge in [0.15, 0.2) is 0 Å². The average molecular weight is 256 g/mol. The Balaban J connectivity index is 3.34. The molecule has 1 unspecified atom stereocenters. The summed E-state index contributed by atoms with van der Waals surface area (Å²) in [6.45, 7) is 9.09. The molecule has 18 heavy (non-hydrogen) atoms. The molecule has 0 saturated heterocycles. The van der Waals surface area contributed by atoms with Crippen LogP contribution in [0.4, 0.5) is 0 Å². The van der Waals surface area contributed by atoms with Gasteiger partial charge in [-0.25, -0.2) is 0 Å². The third-order valence-electron chi connectivity index (χ3n) is 3.06. The van der Waals surface area contributed by atoms with E-state index in [-0.39, 0.29) is 18.0 Å². The number of amides is 1. The summed E-state index contributed by atoms with van der Waals surface area (Å²) in [5.41, 5.74) is 0.